The Balaban J connectivity index is 2.14. The number of carbonyl (C=O) groups excluding carboxylic acids is 1. The number of ether oxygens (including phenoxy) is 1. The molecule has 0 unspecified atom stereocenters. The first kappa shape index (κ1) is 18.5. The van der Waals surface area contributed by atoms with E-state index < -0.39 is 30.8 Å². The number of hydrogen-bond acceptors (Lipinski definition) is 4. The topological polar surface area (TPSA) is 62.1 Å². The summed E-state index contributed by atoms with van der Waals surface area (Å²) in [5.74, 6) is -0.872. The predicted octanol–water partition coefficient (Wildman–Crippen LogP) is 3.28. The number of carbonyl (C=O) groups is 1. The summed E-state index contributed by atoms with van der Waals surface area (Å²) in [6.45, 7) is 2.65. The van der Waals surface area contributed by atoms with Gasteiger partial charge in [-0.15, -0.1) is 0 Å². The predicted molar refractivity (Wildman–Crippen MR) is 81.9 cm³/mol. The van der Waals surface area contributed by atoms with Gasteiger partial charge in [0.05, 0.1) is 0 Å². The zero-order chi connectivity index (χ0) is 18.1. The summed E-state index contributed by atoms with van der Waals surface area (Å²) >= 11 is 5.91. The first-order valence-electron chi connectivity index (χ1n) is 7.16. The molecule has 1 atom stereocenters. The lowest BCUT2D eigenvalue weighted by atomic mass is 10.1. The molecule has 132 valence electrons. The number of benzene rings is 1. The summed E-state index contributed by atoms with van der Waals surface area (Å²) in [5.41, 5.74) is -2.47. The number of nitrogens with zero attached hydrogens (tertiary/aromatic N) is 2. The molecule has 1 aromatic rings. The summed E-state index contributed by atoms with van der Waals surface area (Å²) in [5, 5.41) is 14.0. The van der Waals surface area contributed by atoms with Crippen LogP contribution in [0.2, 0.25) is 5.02 Å². The van der Waals surface area contributed by atoms with Gasteiger partial charge in [-0.25, -0.2) is 0 Å². The maximum Gasteiger partial charge on any atom is 0.438 e. The number of amides is 1. The lowest BCUT2D eigenvalue weighted by Crippen LogP contribution is -2.57. The Kier molecular flexibility index (Phi) is 5.10. The van der Waals surface area contributed by atoms with Crippen molar-refractivity contribution in [1.82, 2.24) is 5.01 Å². The molecule has 1 heterocycles. The molecule has 24 heavy (non-hydrogen) atoms. The van der Waals surface area contributed by atoms with Crippen molar-refractivity contribution in [1.29, 1.82) is 0 Å². The zero-order valence-corrected chi connectivity index (χ0v) is 13.8. The monoisotopic (exact) mass is 364 g/mol. The minimum Gasteiger partial charge on any atom is -0.484 e. The average molecular weight is 365 g/mol. The van der Waals surface area contributed by atoms with Crippen molar-refractivity contribution >= 4 is 23.2 Å². The van der Waals surface area contributed by atoms with Crippen molar-refractivity contribution in [2.24, 2.45) is 5.10 Å². The minimum atomic E-state index is -5.03. The van der Waals surface area contributed by atoms with Gasteiger partial charge in [0.2, 0.25) is 0 Å². The molecule has 1 aliphatic heterocycles. The summed E-state index contributed by atoms with van der Waals surface area (Å²) in [7, 11) is 0. The van der Waals surface area contributed by atoms with Gasteiger partial charge in [0, 0.05) is 17.2 Å². The lowest BCUT2D eigenvalue weighted by molar-refractivity contribution is -0.302. The van der Waals surface area contributed by atoms with Crippen LogP contribution in [0.15, 0.2) is 23.3 Å². The Bertz CT molecular complexity index is 678. The van der Waals surface area contributed by atoms with E-state index in [-0.39, 0.29) is 22.9 Å². The Hall–Kier alpha value is -1.80. The first-order valence-corrected chi connectivity index (χ1v) is 7.53. The van der Waals surface area contributed by atoms with E-state index in [9.17, 15) is 23.1 Å². The van der Waals surface area contributed by atoms with Crippen LogP contribution in [0.4, 0.5) is 13.2 Å². The highest BCUT2D eigenvalue weighted by molar-refractivity contribution is 6.31. The number of hydrogen-bond donors (Lipinski definition) is 1. The first-order chi connectivity index (χ1) is 11.1. The van der Waals surface area contributed by atoms with Crippen molar-refractivity contribution in [3.05, 3.63) is 28.8 Å². The summed E-state index contributed by atoms with van der Waals surface area (Å²) < 4.78 is 44.6. The molecular weight excluding hydrogens is 349 g/mol. The van der Waals surface area contributed by atoms with Gasteiger partial charge >= 0.3 is 6.18 Å². The van der Waals surface area contributed by atoms with Gasteiger partial charge in [-0.3, -0.25) is 4.79 Å². The molecule has 5 nitrogen and oxygen atoms in total. The molecule has 2 rings (SSSR count). The quantitative estimate of drug-likeness (QED) is 0.891. The molecule has 0 saturated heterocycles. The third-order valence-electron chi connectivity index (χ3n) is 3.65. The van der Waals surface area contributed by atoms with Crippen molar-refractivity contribution in [2.75, 3.05) is 6.61 Å². The molecule has 0 aromatic heterocycles. The molecule has 0 spiro atoms. The molecule has 1 aliphatic rings. The van der Waals surface area contributed by atoms with Crippen molar-refractivity contribution in [3.8, 4) is 5.75 Å². The van der Waals surface area contributed by atoms with Crippen LogP contribution in [-0.2, 0) is 4.79 Å². The van der Waals surface area contributed by atoms with Crippen LogP contribution in [-0.4, -0.2) is 40.2 Å². The second-order valence-corrected chi connectivity index (χ2v) is 5.82. The number of rotatable bonds is 4. The molecule has 1 amide bonds. The van der Waals surface area contributed by atoms with Crippen LogP contribution in [0.1, 0.15) is 25.3 Å². The molecule has 0 aliphatic carbocycles. The largest absolute Gasteiger partial charge is 0.484 e. The van der Waals surface area contributed by atoms with Crippen LogP contribution >= 0.6 is 11.6 Å². The van der Waals surface area contributed by atoms with Crippen molar-refractivity contribution < 1.29 is 27.8 Å². The molecule has 0 bridgehead atoms. The Morgan fingerprint density at radius 3 is 2.71 bits per heavy atom. The van der Waals surface area contributed by atoms with E-state index in [1.165, 1.54) is 12.1 Å². The minimum absolute atomic E-state index is 0.0572. The molecule has 1 aromatic carbocycles. The van der Waals surface area contributed by atoms with Gasteiger partial charge in [0.15, 0.2) is 6.61 Å². The highest BCUT2D eigenvalue weighted by atomic mass is 35.5. The third kappa shape index (κ3) is 3.49. The second kappa shape index (κ2) is 6.60. The normalized spacial score (nSPS) is 21.0. The Morgan fingerprint density at radius 1 is 1.50 bits per heavy atom. The SMILES string of the molecule is CCC1=NN(C(=O)COc2ccc(C)c(Cl)c2)[C@](O)(C(F)(F)F)C1. The number of hydrazone groups is 1. The van der Waals surface area contributed by atoms with Gasteiger partial charge in [-0.2, -0.15) is 23.3 Å². The van der Waals surface area contributed by atoms with Gasteiger partial charge in [-0.05, 0) is 31.0 Å². The standard InChI is InChI=1S/C15H16ClF3N2O3/c1-3-10-7-14(23,15(17,18)19)21(20-10)13(22)8-24-11-5-4-9(2)12(16)6-11/h4-6,23H,3,7-8H2,1-2H3/t14-/m1/s1. The number of halogens is 4. The van der Waals surface area contributed by atoms with E-state index in [1.807, 2.05) is 0 Å². The highest BCUT2D eigenvalue weighted by Crippen LogP contribution is 2.40. The summed E-state index contributed by atoms with van der Waals surface area (Å²) in [4.78, 5) is 12.1. The van der Waals surface area contributed by atoms with Crippen molar-refractivity contribution in [3.63, 3.8) is 0 Å². The van der Waals surface area contributed by atoms with Crippen LogP contribution in [0.25, 0.3) is 0 Å². The maximum absolute atomic E-state index is 13.2. The molecule has 0 radical (unpaired) electrons. The Morgan fingerprint density at radius 2 is 2.17 bits per heavy atom. The highest BCUT2D eigenvalue weighted by Gasteiger charge is 2.62. The van der Waals surface area contributed by atoms with E-state index in [0.717, 1.165) is 5.56 Å². The van der Waals surface area contributed by atoms with E-state index in [2.05, 4.69) is 5.10 Å². The van der Waals surface area contributed by atoms with E-state index in [0.29, 0.717) is 5.02 Å². The Labute approximate surface area is 141 Å². The molecule has 9 heteroatoms. The van der Waals surface area contributed by atoms with E-state index >= 15 is 0 Å². The number of alkyl halides is 3. The fourth-order valence-corrected chi connectivity index (χ4v) is 2.34. The van der Waals surface area contributed by atoms with Crippen LogP contribution in [0.5, 0.6) is 5.75 Å². The van der Waals surface area contributed by atoms with Gasteiger partial charge < -0.3 is 9.84 Å². The third-order valence-corrected chi connectivity index (χ3v) is 4.05. The van der Waals surface area contributed by atoms with Crippen molar-refractivity contribution in [2.45, 2.75) is 38.6 Å². The van der Waals surface area contributed by atoms with E-state index in [4.69, 9.17) is 16.3 Å². The molecular formula is C15H16ClF3N2O3. The summed E-state index contributed by atoms with van der Waals surface area (Å²) in [6.07, 6.45) is -5.61. The second-order valence-electron chi connectivity index (χ2n) is 5.42. The lowest BCUT2D eigenvalue weighted by Gasteiger charge is -2.32. The fraction of sp³-hybridized carbons (Fsp3) is 0.467. The van der Waals surface area contributed by atoms with Crippen LogP contribution < -0.4 is 4.74 Å². The average Bonchev–Trinajstić information content (AvgIpc) is 2.86. The smallest absolute Gasteiger partial charge is 0.438 e. The maximum atomic E-state index is 13.2. The van der Waals surface area contributed by atoms with Gasteiger partial charge in [0.1, 0.15) is 5.75 Å². The summed E-state index contributed by atoms with van der Waals surface area (Å²) in [6, 6.07) is 4.64. The fourth-order valence-electron chi connectivity index (χ4n) is 2.17. The van der Waals surface area contributed by atoms with E-state index in [1.54, 1.807) is 19.9 Å². The van der Waals surface area contributed by atoms with Crippen LogP contribution in [0, 0.1) is 6.92 Å². The van der Waals surface area contributed by atoms with Crippen LogP contribution in [0.3, 0.4) is 0 Å². The number of aliphatic hydroxyl groups is 1. The number of aryl methyl sites for hydroxylation is 1. The van der Waals surface area contributed by atoms with Gasteiger partial charge in [-0.1, -0.05) is 24.6 Å². The zero-order valence-electron chi connectivity index (χ0n) is 13.0. The molecule has 0 fully saturated rings. The molecule has 0 saturated carbocycles. The van der Waals surface area contributed by atoms with Gasteiger partial charge in [0.25, 0.3) is 11.6 Å². The molecule has 1 N–H and O–H groups in total.